The molecule has 0 heterocycles. The fourth-order valence-corrected chi connectivity index (χ4v) is 1.83. The summed E-state index contributed by atoms with van der Waals surface area (Å²) in [5.74, 6) is 0. The number of hydrogen-bond acceptors (Lipinski definition) is 4. The summed E-state index contributed by atoms with van der Waals surface area (Å²) in [7, 11) is 1.73. The zero-order valence-corrected chi connectivity index (χ0v) is 10.4. The van der Waals surface area contributed by atoms with Crippen molar-refractivity contribution in [3.63, 3.8) is 0 Å². The average molecular weight is 225 g/mol. The Balaban J connectivity index is 2.20. The van der Waals surface area contributed by atoms with Gasteiger partial charge in [-0.1, -0.05) is 0 Å². The van der Waals surface area contributed by atoms with Gasteiger partial charge in [0, 0.05) is 19.7 Å². The predicted molar refractivity (Wildman–Crippen MR) is 63.9 cm³/mol. The minimum Gasteiger partial charge on any atom is -0.383 e. The van der Waals surface area contributed by atoms with Gasteiger partial charge in [-0.3, -0.25) is 4.90 Å². The van der Waals surface area contributed by atoms with Gasteiger partial charge in [-0.05, 0) is 39.2 Å². The molecule has 0 aromatic heterocycles. The number of rotatable bonds is 8. The lowest BCUT2D eigenvalue weighted by molar-refractivity contribution is 0.141. The van der Waals surface area contributed by atoms with E-state index < -0.39 is 5.54 Å². The van der Waals surface area contributed by atoms with Crippen LogP contribution in [-0.4, -0.2) is 43.3 Å². The van der Waals surface area contributed by atoms with Crippen LogP contribution in [0.25, 0.3) is 0 Å². The maximum absolute atomic E-state index is 8.81. The van der Waals surface area contributed by atoms with E-state index in [-0.39, 0.29) is 0 Å². The number of nitrogens with two attached hydrogens (primary N) is 1. The highest BCUT2D eigenvalue weighted by Gasteiger charge is 2.28. The van der Waals surface area contributed by atoms with E-state index in [1.54, 1.807) is 14.0 Å². The van der Waals surface area contributed by atoms with Gasteiger partial charge in [0.2, 0.25) is 0 Å². The standard InChI is InChI=1S/C12H23N3O/c1-12(14,10-13)6-3-7-15(8-9-16-2)11-4-5-11/h11H,3-9,14H2,1-2H3. The largest absolute Gasteiger partial charge is 0.383 e. The molecule has 0 saturated heterocycles. The zero-order valence-electron chi connectivity index (χ0n) is 10.4. The van der Waals surface area contributed by atoms with E-state index in [0.29, 0.717) is 0 Å². The van der Waals surface area contributed by atoms with Crippen LogP contribution < -0.4 is 5.73 Å². The number of nitrogens with zero attached hydrogens (tertiary/aromatic N) is 2. The molecule has 1 fully saturated rings. The van der Waals surface area contributed by atoms with E-state index in [1.165, 1.54) is 12.8 Å². The van der Waals surface area contributed by atoms with Crippen molar-refractivity contribution in [2.45, 2.75) is 44.2 Å². The number of hydrogen-bond donors (Lipinski definition) is 1. The first-order valence-corrected chi connectivity index (χ1v) is 6.02. The molecule has 92 valence electrons. The third kappa shape index (κ3) is 4.93. The molecule has 0 amide bonds. The van der Waals surface area contributed by atoms with Gasteiger partial charge in [0.15, 0.2) is 0 Å². The molecule has 1 aliphatic rings. The molecule has 1 saturated carbocycles. The van der Waals surface area contributed by atoms with Crippen molar-refractivity contribution in [3.8, 4) is 6.07 Å². The Morgan fingerprint density at radius 2 is 2.19 bits per heavy atom. The van der Waals surface area contributed by atoms with Gasteiger partial charge in [-0.2, -0.15) is 5.26 Å². The Morgan fingerprint density at radius 3 is 2.69 bits per heavy atom. The molecule has 0 radical (unpaired) electrons. The maximum atomic E-state index is 8.81. The Bertz CT molecular complexity index is 243. The normalized spacial score (nSPS) is 19.4. The Hall–Kier alpha value is -0.630. The second-order valence-corrected chi connectivity index (χ2v) is 4.89. The molecule has 0 aromatic rings. The first-order valence-electron chi connectivity index (χ1n) is 6.02. The molecule has 4 nitrogen and oxygen atoms in total. The summed E-state index contributed by atoms with van der Waals surface area (Å²) in [5.41, 5.74) is 5.12. The smallest absolute Gasteiger partial charge is 0.101 e. The molecule has 4 heteroatoms. The van der Waals surface area contributed by atoms with E-state index >= 15 is 0 Å². The third-order valence-electron chi connectivity index (χ3n) is 3.04. The number of methoxy groups -OCH3 is 1. The summed E-state index contributed by atoms with van der Waals surface area (Å²) < 4.78 is 5.10. The Morgan fingerprint density at radius 1 is 1.50 bits per heavy atom. The molecule has 0 aliphatic heterocycles. The van der Waals surface area contributed by atoms with Gasteiger partial charge in [0.1, 0.15) is 5.54 Å². The molecular formula is C12H23N3O. The van der Waals surface area contributed by atoms with Crippen LogP contribution in [-0.2, 0) is 4.74 Å². The minimum atomic E-state index is -0.670. The number of ether oxygens (including phenoxy) is 1. The van der Waals surface area contributed by atoms with Gasteiger partial charge in [0.05, 0.1) is 12.7 Å². The molecule has 1 aliphatic carbocycles. The van der Waals surface area contributed by atoms with Crippen molar-refractivity contribution in [2.24, 2.45) is 5.73 Å². The van der Waals surface area contributed by atoms with E-state index in [1.807, 2.05) is 0 Å². The SMILES string of the molecule is COCCN(CCCC(C)(N)C#N)C1CC1. The summed E-state index contributed by atoms with van der Waals surface area (Å²) in [6.45, 7) is 4.61. The molecule has 1 atom stereocenters. The van der Waals surface area contributed by atoms with E-state index in [2.05, 4.69) is 11.0 Å². The van der Waals surface area contributed by atoms with Crippen molar-refractivity contribution < 1.29 is 4.74 Å². The molecule has 0 aromatic carbocycles. The van der Waals surface area contributed by atoms with Gasteiger partial charge in [-0.25, -0.2) is 0 Å². The van der Waals surface area contributed by atoms with E-state index in [4.69, 9.17) is 15.7 Å². The highest BCUT2D eigenvalue weighted by molar-refractivity contribution is 5.00. The molecule has 1 unspecified atom stereocenters. The lowest BCUT2D eigenvalue weighted by atomic mass is 9.99. The second kappa shape index (κ2) is 6.19. The van der Waals surface area contributed by atoms with Crippen LogP contribution >= 0.6 is 0 Å². The highest BCUT2D eigenvalue weighted by atomic mass is 16.5. The van der Waals surface area contributed by atoms with E-state index in [9.17, 15) is 0 Å². The quantitative estimate of drug-likeness (QED) is 0.672. The van der Waals surface area contributed by atoms with Crippen LogP contribution in [0.15, 0.2) is 0 Å². The molecule has 0 bridgehead atoms. The third-order valence-corrected chi connectivity index (χ3v) is 3.04. The van der Waals surface area contributed by atoms with Crippen molar-refractivity contribution in [3.05, 3.63) is 0 Å². The molecule has 1 rings (SSSR count). The first-order chi connectivity index (χ1) is 7.59. The van der Waals surface area contributed by atoms with Crippen LogP contribution in [0.5, 0.6) is 0 Å². The van der Waals surface area contributed by atoms with Crippen molar-refractivity contribution in [1.82, 2.24) is 4.90 Å². The molecule has 2 N–H and O–H groups in total. The lowest BCUT2D eigenvalue weighted by Crippen LogP contribution is -2.36. The minimum absolute atomic E-state index is 0.670. The summed E-state index contributed by atoms with van der Waals surface area (Å²) in [5, 5.41) is 8.81. The number of nitriles is 1. The summed E-state index contributed by atoms with van der Waals surface area (Å²) in [6, 6.07) is 2.89. The van der Waals surface area contributed by atoms with Crippen LogP contribution in [0.4, 0.5) is 0 Å². The molecule has 16 heavy (non-hydrogen) atoms. The summed E-state index contributed by atoms with van der Waals surface area (Å²) in [6.07, 6.45) is 4.37. The van der Waals surface area contributed by atoms with Crippen molar-refractivity contribution in [1.29, 1.82) is 5.26 Å². The van der Waals surface area contributed by atoms with Crippen LogP contribution in [0.2, 0.25) is 0 Å². The summed E-state index contributed by atoms with van der Waals surface area (Å²) in [4.78, 5) is 2.46. The molecule has 0 spiro atoms. The van der Waals surface area contributed by atoms with Gasteiger partial charge >= 0.3 is 0 Å². The van der Waals surface area contributed by atoms with Gasteiger partial charge < -0.3 is 10.5 Å². The maximum Gasteiger partial charge on any atom is 0.101 e. The fraction of sp³-hybridized carbons (Fsp3) is 0.917. The Kier molecular flexibility index (Phi) is 5.20. The van der Waals surface area contributed by atoms with Crippen LogP contribution in [0.1, 0.15) is 32.6 Å². The lowest BCUT2D eigenvalue weighted by Gasteiger charge is -2.23. The molecular weight excluding hydrogens is 202 g/mol. The average Bonchev–Trinajstić information content (AvgIpc) is 3.07. The van der Waals surface area contributed by atoms with Crippen LogP contribution in [0.3, 0.4) is 0 Å². The monoisotopic (exact) mass is 225 g/mol. The van der Waals surface area contributed by atoms with Crippen molar-refractivity contribution >= 4 is 0 Å². The van der Waals surface area contributed by atoms with Gasteiger partial charge in [0.25, 0.3) is 0 Å². The van der Waals surface area contributed by atoms with Crippen molar-refractivity contribution in [2.75, 3.05) is 26.8 Å². The zero-order chi connectivity index (χ0) is 12.0. The van der Waals surface area contributed by atoms with E-state index in [0.717, 1.165) is 38.6 Å². The second-order valence-electron chi connectivity index (χ2n) is 4.89. The highest BCUT2D eigenvalue weighted by Crippen LogP contribution is 2.27. The topological polar surface area (TPSA) is 62.3 Å². The summed E-state index contributed by atoms with van der Waals surface area (Å²) >= 11 is 0. The fourth-order valence-electron chi connectivity index (χ4n) is 1.83. The first kappa shape index (κ1) is 13.4. The van der Waals surface area contributed by atoms with Crippen LogP contribution in [0, 0.1) is 11.3 Å². The Labute approximate surface area is 98.4 Å². The predicted octanol–water partition coefficient (Wildman–Crippen LogP) is 1.12. The van der Waals surface area contributed by atoms with Gasteiger partial charge in [-0.15, -0.1) is 0 Å².